The molecule has 0 unspecified atom stereocenters. The van der Waals surface area contributed by atoms with Crippen LogP contribution in [0.15, 0.2) is 18.2 Å². The molecule has 0 N–H and O–H groups in total. The van der Waals surface area contributed by atoms with E-state index in [0.717, 1.165) is 6.07 Å². The molecule has 2 rings (SSSR count). The molecule has 0 spiro atoms. The molecule has 7 nitrogen and oxygen atoms in total. The third-order valence-corrected chi connectivity index (χ3v) is 2.74. The van der Waals surface area contributed by atoms with Gasteiger partial charge >= 0.3 is 0 Å². The van der Waals surface area contributed by atoms with E-state index >= 15 is 0 Å². The average molecular weight is 235 g/mol. The molecule has 0 atom stereocenters. The van der Waals surface area contributed by atoms with Crippen molar-refractivity contribution in [3.63, 3.8) is 0 Å². The van der Waals surface area contributed by atoms with E-state index in [1.807, 2.05) is 0 Å². The second-order valence-corrected chi connectivity index (χ2v) is 3.69. The van der Waals surface area contributed by atoms with Gasteiger partial charge in [0.15, 0.2) is 0 Å². The minimum atomic E-state index is -0.607. The summed E-state index contributed by atoms with van der Waals surface area (Å²) in [5.74, 6) is 0. The minimum absolute atomic E-state index is 0.00250. The van der Waals surface area contributed by atoms with Gasteiger partial charge in [-0.1, -0.05) is 0 Å². The number of fused-ring (bicyclic) bond motifs is 1. The summed E-state index contributed by atoms with van der Waals surface area (Å²) < 4.78 is 1.13. The fourth-order valence-electron chi connectivity index (χ4n) is 1.62. The van der Waals surface area contributed by atoms with Crippen molar-refractivity contribution in [3.05, 3.63) is 49.8 Å². The lowest BCUT2D eigenvalue weighted by atomic mass is 10.2. The van der Waals surface area contributed by atoms with Crippen LogP contribution >= 0.6 is 0 Å². The van der Waals surface area contributed by atoms with Gasteiger partial charge in [0.2, 0.25) is 0 Å². The van der Waals surface area contributed by atoms with E-state index in [1.165, 1.54) is 26.0 Å². The summed E-state index contributed by atoms with van der Waals surface area (Å²) in [7, 11) is 0. The van der Waals surface area contributed by atoms with E-state index in [2.05, 4.69) is 0 Å². The van der Waals surface area contributed by atoms with Gasteiger partial charge in [-0.2, -0.15) is 0 Å². The Morgan fingerprint density at radius 2 is 2.00 bits per heavy atom. The maximum atomic E-state index is 11.8. The molecular weight excluding hydrogens is 226 g/mol. The van der Waals surface area contributed by atoms with Crippen molar-refractivity contribution in [3.8, 4) is 0 Å². The van der Waals surface area contributed by atoms with E-state index in [9.17, 15) is 20.2 Å². The molecule has 2 aromatic rings. The standard InChI is InChI=1S/C10H9N3O4/c1-6-7(2)12(15)10-5-8(13(16)17)3-4-9(10)11(6)14/h3-5H,1-2H3. The zero-order chi connectivity index (χ0) is 12.7. The molecule has 0 aliphatic rings. The van der Waals surface area contributed by atoms with Crippen LogP contribution in [-0.2, 0) is 0 Å². The van der Waals surface area contributed by atoms with Crippen molar-refractivity contribution in [2.45, 2.75) is 13.8 Å². The van der Waals surface area contributed by atoms with Crippen molar-refractivity contribution in [2.75, 3.05) is 0 Å². The number of non-ortho nitro benzene ring substituents is 1. The quantitative estimate of drug-likeness (QED) is 0.424. The van der Waals surface area contributed by atoms with E-state index in [1.54, 1.807) is 0 Å². The predicted octanol–water partition coefficient (Wildman–Crippen LogP) is 1.43. The van der Waals surface area contributed by atoms with Crippen LogP contribution < -0.4 is 4.43 Å². The number of nitrogens with zero attached hydrogens (tertiary/aromatic N) is 3. The van der Waals surface area contributed by atoms with Crippen molar-refractivity contribution >= 4 is 16.7 Å². The molecule has 1 heterocycles. The highest BCUT2D eigenvalue weighted by molar-refractivity contribution is 5.75. The monoisotopic (exact) mass is 235 g/mol. The first kappa shape index (κ1) is 11.1. The molecule has 0 saturated heterocycles. The summed E-state index contributed by atoms with van der Waals surface area (Å²) >= 11 is 0. The number of nitro groups is 1. The van der Waals surface area contributed by atoms with E-state index in [4.69, 9.17) is 0 Å². The van der Waals surface area contributed by atoms with Gasteiger partial charge in [-0.25, -0.2) is 0 Å². The highest BCUT2D eigenvalue weighted by Gasteiger charge is 2.18. The first-order valence-electron chi connectivity index (χ1n) is 4.84. The molecule has 0 amide bonds. The lowest BCUT2D eigenvalue weighted by molar-refractivity contribution is -0.473. The van der Waals surface area contributed by atoms with Crippen LogP contribution in [0.3, 0.4) is 0 Å². The first-order valence-corrected chi connectivity index (χ1v) is 4.84. The Kier molecular flexibility index (Phi) is 2.31. The normalized spacial score (nSPS) is 10.7. The number of rotatable bonds is 1. The van der Waals surface area contributed by atoms with Crippen LogP contribution in [0.25, 0.3) is 11.0 Å². The maximum absolute atomic E-state index is 11.8. The fraction of sp³-hybridized carbons (Fsp3) is 0.200. The molecule has 1 aromatic heterocycles. The Morgan fingerprint density at radius 3 is 2.59 bits per heavy atom. The SMILES string of the molecule is Cc1c(C)[n+](=O)c2ccc([N+](=O)[O-])cc2n1[O-]. The van der Waals surface area contributed by atoms with Crippen LogP contribution in [0.1, 0.15) is 11.4 Å². The fourth-order valence-corrected chi connectivity index (χ4v) is 1.62. The van der Waals surface area contributed by atoms with Crippen LogP contribution in [-0.4, -0.2) is 9.65 Å². The molecular formula is C10H9N3O4. The molecule has 1 aromatic carbocycles. The lowest BCUT2D eigenvalue weighted by Crippen LogP contribution is -2.24. The third kappa shape index (κ3) is 1.52. The van der Waals surface area contributed by atoms with Gasteiger partial charge < -0.3 is 9.94 Å². The molecule has 0 fully saturated rings. The number of benzene rings is 1. The summed E-state index contributed by atoms with van der Waals surface area (Å²) in [6, 6.07) is 3.58. The smallest absolute Gasteiger partial charge is 0.286 e. The zero-order valence-corrected chi connectivity index (χ0v) is 9.21. The Bertz CT molecular complexity index is 690. The van der Waals surface area contributed by atoms with E-state index < -0.39 is 4.92 Å². The zero-order valence-electron chi connectivity index (χ0n) is 9.21. The Balaban J connectivity index is 2.97. The predicted molar refractivity (Wildman–Crippen MR) is 60.2 cm³/mol. The number of aromatic nitrogens is 2. The number of nitro benzene ring substituents is 1. The maximum Gasteiger partial charge on any atom is 0.286 e. The Hall–Kier alpha value is -2.44. The highest BCUT2D eigenvalue weighted by atomic mass is 16.6. The van der Waals surface area contributed by atoms with E-state index in [-0.39, 0.29) is 28.1 Å². The molecule has 7 heteroatoms. The Labute approximate surface area is 95.2 Å². The summed E-state index contributed by atoms with van der Waals surface area (Å²) in [5.41, 5.74) is 0.408. The van der Waals surface area contributed by atoms with E-state index in [0.29, 0.717) is 9.16 Å². The van der Waals surface area contributed by atoms with Gasteiger partial charge in [0.1, 0.15) is 5.52 Å². The molecule has 17 heavy (non-hydrogen) atoms. The van der Waals surface area contributed by atoms with Gasteiger partial charge in [-0.3, -0.25) is 10.1 Å². The Morgan fingerprint density at radius 1 is 1.35 bits per heavy atom. The van der Waals surface area contributed by atoms with Crippen LogP contribution in [0.4, 0.5) is 5.69 Å². The summed E-state index contributed by atoms with van der Waals surface area (Å²) in [4.78, 5) is 21.8. The average Bonchev–Trinajstić information content (AvgIpc) is 2.32. The van der Waals surface area contributed by atoms with Gasteiger partial charge in [0.05, 0.1) is 15.0 Å². The second-order valence-electron chi connectivity index (χ2n) is 3.69. The van der Waals surface area contributed by atoms with Gasteiger partial charge in [0, 0.05) is 30.0 Å². The minimum Gasteiger partial charge on any atom is -0.805 e. The van der Waals surface area contributed by atoms with Crippen molar-refractivity contribution in [2.24, 2.45) is 0 Å². The molecule has 0 aliphatic carbocycles. The van der Waals surface area contributed by atoms with Crippen molar-refractivity contribution in [1.29, 1.82) is 0 Å². The number of hydrogen-bond acceptors (Lipinski definition) is 4. The van der Waals surface area contributed by atoms with Crippen LogP contribution in [0, 0.1) is 34.1 Å². The first-order chi connectivity index (χ1) is 7.93. The number of hydrogen-bond donors (Lipinski definition) is 0. The lowest BCUT2D eigenvalue weighted by Gasteiger charge is -2.15. The molecule has 0 saturated carbocycles. The second kappa shape index (κ2) is 3.55. The van der Waals surface area contributed by atoms with Crippen LogP contribution in [0.2, 0.25) is 0 Å². The summed E-state index contributed by atoms with van der Waals surface area (Å²) in [6.45, 7) is 3.02. The van der Waals surface area contributed by atoms with Crippen molar-refractivity contribution in [1.82, 2.24) is 4.73 Å². The van der Waals surface area contributed by atoms with Gasteiger partial charge in [0.25, 0.3) is 16.9 Å². The van der Waals surface area contributed by atoms with Crippen molar-refractivity contribution < 1.29 is 9.35 Å². The highest BCUT2D eigenvalue weighted by Crippen LogP contribution is 2.19. The molecule has 0 bridgehead atoms. The molecule has 88 valence electrons. The molecule has 0 radical (unpaired) electrons. The summed E-state index contributed by atoms with van der Waals surface area (Å²) in [6.07, 6.45) is 0. The van der Waals surface area contributed by atoms with Gasteiger partial charge in [-0.05, 0) is 6.92 Å². The van der Waals surface area contributed by atoms with Gasteiger partial charge in [-0.15, -0.1) is 0 Å². The van der Waals surface area contributed by atoms with Crippen LogP contribution in [0.5, 0.6) is 0 Å². The third-order valence-electron chi connectivity index (χ3n) is 2.74. The molecule has 0 aliphatic heterocycles. The largest absolute Gasteiger partial charge is 0.805 e. The summed E-state index contributed by atoms with van der Waals surface area (Å²) in [5, 5.41) is 22.4. The topological polar surface area (TPSA) is 94.1 Å².